The zero-order valence-electron chi connectivity index (χ0n) is 12.8. The van der Waals surface area contributed by atoms with Crippen LogP contribution in [0.3, 0.4) is 0 Å². The van der Waals surface area contributed by atoms with Crippen molar-refractivity contribution >= 4 is 12.3 Å². The summed E-state index contributed by atoms with van der Waals surface area (Å²) in [4.78, 5) is 22.3. The van der Waals surface area contributed by atoms with Gasteiger partial charge in [-0.15, -0.1) is 0 Å². The number of hydrogen-bond acceptors (Lipinski definition) is 5. The summed E-state index contributed by atoms with van der Waals surface area (Å²) >= 11 is 0. The van der Waals surface area contributed by atoms with Crippen LogP contribution in [0.1, 0.15) is 26.3 Å². The summed E-state index contributed by atoms with van der Waals surface area (Å²) in [6, 6.07) is 12.6. The fourth-order valence-electron chi connectivity index (χ4n) is 2.48. The molecular weight excluding hydrogens is 312 g/mol. The summed E-state index contributed by atoms with van der Waals surface area (Å²) in [5, 5.41) is 9.10. The van der Waals surface area contributed by atoms with E-state index in [9.17, 15) is 9.59 Å². The highest BCUT2D eigenvalue weighted by atomic mass is 16.6. The van der Waals surface area contributed by atoms with Crippen molar-refractivity contribution in [3.05, 3.63) is 59.2 Å². The van der Waals surface area contributed by atoms with Crippen molar-refractivity contribution in [1.29, 1.82) is 0 Å². The molecule has 6 heteroatoms. The SMILES string of the molecule is O=Cc1c(C(=O)O)ccc2c1OCC(COCc1ccccc1)O2. The summed E-state index contributed by atoms with van der Waals surface area (Å²) in [5.41, 5.74) is 0.943. The van der Waals surface area contributed by atoms with Crippen molar-refractivity contribution in [1.82, 2.24) is 0 Å². The first kappa shape index (κ1) is 16.0. The van der Waals surface area contributed by atoms with E-state index in [-0.39, 0.29) is 29.6 Å². The van der Waals surface area contributed by atoms with Crippen LogP contribution in [-0.2, 0) is 11.3 Å². The molecule has 1 N–H and O–H groups in total. The van der Waals surface area contributed by atoms with Crippen LogP contribution in [0.15, 0.2) is 42.5 Å². The fraction of sp³-hybridized carbons (Fsp3) is 0.222. The molecule has 0 amide bonds. The first-order chi connectivity index (χ1) is 11.7. The number of carbonyl (C=O) groups is 2. The van der Waals surface area contributed by atoms with Gasteiger partial charge in [0.15, 0.2) is 23.9 Å². The van der Waals surface area contributed by atoms with Crippen LogP contribution in [0.5, 0.6) is 11.5 Å². The molecule has 1 unspecified atom stereocenters. The number of fused-ring (bicyclic) bond motifs is 1. The van der Waals surface area contributed by atoms with Gasteiger partial charge >= 0.3 is 5.97 Å². The zero-order valence-corrected chi connectivity index (χ0v) is 12.8. The predicted octanol–water partition coefficient (Wildman–Crippen LogP) is 2.55. The zero-order chi connectivity index (χ0) is 16.9. The summed E-state index contributed by atoms with van der Waals surface area (Å²) in [6.07, 6.45) is 0.147. The lowest BCUT2D eigenvalue weighted by Gasteiger charge is -2.27. The third kappa shape index (κ3) is 3.38. The Labute approximate surface area is 138 Å². The standard InChI is InChI=1S/C18H16O6/c19-8-15-14(18(20)21)6-7-16-17(15)23-11-13(24-16)10-22-9-12-4-2-1-3-5-12/h1-8,13H,9-11H2,(H,20,21). The molecule has 124 valence electrons. The summed E-state index contributed by atoms with van der Waals surface area (Å²) in [7, 11) is 0. The van der Waals surface area contributed by atoms with E-state index in [0.29, 0.717) is 25.2 Å². The van der Waals surface area contributed by atoms with Crippen molar-refractivity contribution in [3.63, 3.8) is 0 Å². The van der Waals surface area contributed by atoms with E-state index < -0.39 is 5.97 Å². The van der Waals surface area contributed by atoms with Crippen LogP contribution in [0.2, 0.25) is 0 Å². The van der Waals surface area contributed by atoms with Gasteiger partial charge in [0.1, 0.15) is 6.61 Å². The maximum atomic E-state index is 11.2. The molecule has 1 atom stereocenters. The van der Waals surface area contributed by atoms with Crippen LogP contribution in [0.25, 0.3) is 0 Å². The number of hydrogen-bond donors (Lipinski definition) is 1. The van der Waals surface area contributed by atoms with Gasteiger partial charge in [-0.3, -0.25) is 4.79 Å². The van der Waals surface area contributed by atoms with E-state index in [1.165, 1.54) is 12.1 Å². The first-order valence-electron chi connectivity index (χ1n) is 7.45. The number of carbonyl (C=O) groups excluding carboxylic acids is 1. The Kier molecular flexibility index (Phi) is 4.77. The molecule has 0 saturated carbocycles. The Morgan fingerprint density at radius 3 is 2.75 bits per heavy atom. The Morgan fingerprint density at radius 1 is 1.25 bits per heavy atom. The lowest BCUT2D eigenvalue weighted by Crippen LogP contribution is -2.34. The van der Waals surface area contributed by atoms with Gasteiger partial charge in [-0.05, 0) is 17.7 Å². The van der Waals surface area contributed by atoms with Crippen LogP contribution in [0, 0.1) is 0 Å². The third-order valence-corrected chi connectivity index (χ3v) is 3.63. The molecule has 0 fully saturated rings. The summed E-state index contributed by atoms with van der Waals surface area (Å²) in [5.74, 6) is -0.664. The Hall–Kier alpha value is -2.86. The molecule has 24 heavy (non-hydrogen) atoms. The average Bonchev–Trinajstić information content (AvgIpc) is 2.61. The highest BCUT2D eigenvalue weighted by Gasteiger charge is 2.26. The number of carboxylic acids is 1. The minimum Gasteiger partial charge on any atom is -0.485 e. The molecule has 0 spiro atoms. The van der Waals surface area contributed by atoms with Gasteiger partial charge in [0.05, 0.1) is 24.3 Å². The molecular formula is C18H16O6. The van der Waals surface area contributed by atoms with Gasteiger partial charge in [-0.25, -0.2) is 4.79 Å². The highest BCUT2D eigenvalue weighted by molar-refractivity contribution is 5.99. The van der Waals surface area contributed by atoms with Crippen molar-refractivity contribution in [2.45, 2.75) is 12.7 Å². The summed E-state index contributed by atoms with van der Waals surface area (Å²) in [6.45, 7) is 0.974. The maximum absolute atomic E-state index is 11.2. The average molecular weight is 328 g/mol. The molecule has 1 aliphatic rings. The van der Waals surface area contributed by atoms with E-state index in [0.717, 1.165) is 5.56 Å². The van der Waals surface area contributed by atoms with Crippen LogP contribution in [0.4, 0.5) is 0 Å². The van der Waals surface area contributed by atoms with E-state index in [4.69, 9.17) is 19.3 Å². The molecule has 6 nitrogen and oxygen atoms in total. The number of aromatic carboxylic acids is 1. The first-order valence-corrected chi connectivity index (χ1v) is 7.45. The van der Waals surface area contributed by atoms with Crippen LogP contribution >= 0.6 is 0 Å². The molecule has 0 radical (unpaired) electrons. The second-order valence-corrected chi connectivity index (χ2v) is 5.33. The largest absolute Gasteiger partial charge is 0.485 e. The lowest BCUT2D eigenvalue weighted by molar-refractivity contribution is 0.00241. The monoisotopic (exact) mass is 328 g/mol. The van der Waals surface area contributed by atoms with Crippen molar-refractivity contribution < 1.29 is 28.9 Å². The molecule has 1 heterocycles. The fourth-order valence-corrected chi connectivity index (χ4v) is 2.48. The minimum absolute atomic E-state index is 0.0105. The Morgan fingerprint density at radius 2 is 2.04 bits per heavy atom. The summed E-state index contributed by atoms with van der Waals surface area (Å²) < 4.78 is 16.9. The molecule has 0 bridgehead atoms. The second-order valence-electron chi connectivity index (χ2n) is 5.33. The van der Waals surface area contributed by atoms with Crippen LogP contribution in [-0.4, -0.2) is 36.7 Å². The maximum Gasteiger partial charge on any atom is 0.336 e. The molecule has 1 aliphatic heterocycles. The van der Waals surface area contributed by atoms with Gasteiger partial charge < -0.3 is 19.3 Å². The number of rotatable bonds is 6. The predicted molar refractivity (Wildman–Crippen MR) is 84.8 cm³/mol. The smallest absolute Gasteiger partial charge is 0.336 e. The van der Waals surface area contributed by atoms with Crippen LogP contribution < -0.4 is 9.47 Å². The molecule has 2 aromatic rings. The molecule has 0 saturated heterocycles. The second kappa shape index (κ2) is 7.14. The number of benzene rings is 2. The quantitative estimate of drug-likeness (QED) is 0.821. The number of carboxylic acid groups (broad SMARTS) is 1. The van der Waals surface area contributed by atoms with Crippen molar-refractivity contribution in [2.24, 2.45) is 0 Å². The molecule has 0 aromatic heterocycles. The number of aldehydes is 1. The van der Waals surface area contributed by atoms with E-state index in [1.807, 2.05) is 30.3 Å². The van der Waals surface area contributed by atoms with Gasteiger partial charge in [0.25, 0.3) is 0 Å². The Bertz CT molecular complexity index is 741. The third-order valence-electron chi connectivity index (χ3n) is 3.63. The topological polar surface area (TPSA) is 82.1 Å². The highest BCUT2D eigenvalue weighted by Crippen LogP contribution is 2.36. The van der Waals surface area contributed by atoms with Crippen molar-refractivity contribution in [3.8, 4) is 11.5 Å². The lowest BCUT2D eigenvalue weighted by atomic mass is 10.1. The van der Waals surface area contributed by atoms with Gasteiger partial charge in [-0.2, -0.15) is 0 Å². The minimum atomic E-state index is -1.18. The van der Waals surface area contributed by atoms with Gasteiger partial charge in [0.2, 0.25) is 0 Å². The van der Waals surface area contributed by atoms with E-state index >= 15 is 0 Å². The molecule has 2 aromatic carbocycles. The molecule has 0 aliphatic carbocycles. The normalized spacial score (nSPS) is 15.8. The van der Waals surface area contributed by atoms with Gasteiger partial charge in [0, 0.05) is 0 Å². The molecule has 3 rings (SSSR count). The van der Waals surface area contributed by atoms with E-state index in [2.05, 4.69) is 0 Å². The van der Waals surface area contributed by atoms with Gasteiger partial charge in [-0.1, -0.05) is 30.3 Å². The van der Waals surface area contributed by atoms with Crippen molar-refractivity contribution in [2.75, 3.05) is 13.2 Å². The van der Waals surface area contributed by atoms with E-state index in [1.54, 1.807) is 0 Å². The number of ether oxygens (including phenoxy) is 3. The Balaban J connectivity index is 1.64.